The van der Waals surface area contributed by atoms with Crippen molar-refractivity contribution in [3.05, 3.63) is 35.9 Å². The van der Waals surface area contributed by atoms with Gasteiger partial charge >= 0.3 is 5.97 Å². The highest BCUT2D eigenvalue weighted by atomic mass is 16.4. The lowest BCUT2D eigenvalue weighted by Gasteiger charge is -2.16. The van der Waals surface area contributed by atoms with Gasteiger partial charge in [-0.1, -0.05) is 30.3 Å². The van der Waals surface area contributed by atoms with Crippen LogP contribution in [0.15, 0.2) is 30.3 Å². The van der Waals surface area contributed by atoms with Crippen molar-refractivity contribution in [2.24, 2.45) is 5.92 Å². The highest BCUT2D eigenvalue weighted by Crippen LogP contribution is 2.28. The van der Waals surface area contributed by atoms with E-state index in [1.807, 2.05) is 6.07 Å². The van der Waals surface area contributed by atoms with Gasteiger partial charge < -0.3 is 10.4 Å². The Hall–Kier alpha value is -1.35. The minimum Gasteiger partial charge on any atom is -0.480 e. The molecule has 18 heavy (non-hydrogen) atoms. The molecule has 0 saturated heterocycles. The van der Waals surface area contributed by atoms with Crippen molar-refractivity contribution in [3.63, 3.8) is 0 Å². The summed E-state index contributed by atoms with van der Waals surface area (Å²) in [4.78, 5) is 10.8. The first-order valence-corrected chi connectivity index (χ1v) is 6.68. The number of carboxylic acids is 1. The molecular weight excluding hydrogens is 226 g/mol. The van der Waals surface area contributed by atoms with Crippen molar-refractivity contribution in [3.8, 4) is 0 Å². The standard InChI is InChI=1S/C15H21NO2/c1-11(15(17)18)16-14-8-7-13(10-14)9-12-5-3-2-4-6-12/h2-6,11,13-14,16H,7-10H2,1H3,(H,17,18). The summed E-state index contributed by atoms with van der Waals surface area (Å²) in [6, 6.07) is 10.5. The molecule has 1 aromatic carbocycles. The van der Waals surface area contributed by atoms with E-state index in [9.17, 15) is 4.79 Å². The molecule has 2 N–H and O–H groups in total. The molecule has 3 nitrogen and oxygen atoms in total. The van der Waals surface area contributed by atoms with Gasteiger partial charge in [0.25, 0.3) is 0 Å². The number of carbonyl (C=O) groups is 1. The predicted octanol–water partition coefficient (Wildman–Crippen LogP) is 2.46. The van der Waals surface area contributed by atoms with Crippen molar-refractivity contribution in [2.75, 3.05) is 0 Å². The van der Waals surface area contributed by atoms with Gasteiger partial charge in [-0.2, -0.15) is 0 Å². The molecular formula is C15H21NO2. The van der Waals surface area contributed by atoms with Crippen molar-refractivity contribution >= 4 is 5.97 Å². The Bertz CT molecular complexity index is 391. The van der Waals surface area contributed by atoms with Crippen LogP contribution in [0.3, 0.4) is 0 Å². The van der Waals surface area contributed by atoms with Crippen LogP contribution in [-0.2, 0) is 11.2 Å². The van der Waals surface area contributed by atoms with Crippen LogP contribution in [0, 0.1) is 5.92 Å². The SMILES string of the molecule is CC(NC1CCC(Cc2ccccc2)C1)C(=O)O. The first-order chi connectivity index (χ1) is 8.65. The number of rotatable bonds is 5. The Balaban J connectivity index is 1.80. The number of hydrogen-bond donors (Lipinski definition) is 2. The lowest BCUT2D eigenvalue weighted by molar-refractivity contribution is -0.139. The largest absolute Gasteiger partial charge is 0.480 e. The van der Waals surface area contributed by atoms with Gasteiger partial charge in [-0.05, 0) is 44.1 Å². The molecule has 2 rings (SSSR count). The summed E-state index contributed by atoms with van der Waals surface area (Å²) in [7, 11) is 0. The molecule has 1 fully saturated rings. The van der Waals surface area contributed by atoms with E-state index >= 15 is 0 Å². The summed E-state index contributed by atoms with van der Waals surface area (Å²) in [5.74, 6) is -0.0765. The summed E-state index contributed by atoms with van der Waals surface area (Å²) in [6.07, 6.45) is 4.49. The van der Waals surface area contributed by atoms with E-state index in [1.165, 1.54) is 12.0 Å². The van der Waals surface area contributed by atoms with Gasteiger partial charge in [0.15, 0.2) is 0 Å². The maximum absolute atomic E-state index is 10.8. The zero-order valence-electron chi connectivity index (χ0n) is 10.8. The normalized spacial score (nSPS) is 24.9. The zero-order valence-corrected chi connectivity index (χ0v) is 10.8. The van der Waals surface area contributed by atoms with E-state index in [0.29, 0.717) is 12.0 Å². The molecule has 1 saturated carbocycles. The van der Waals surface area contributed by atoms with Gasteiger partial charge in [0, 0.05) is 6.04 Å². The van der Waals surface area contributed by atoms with Crippen LogP contribution in [0.25, 0.3) is 0 Å². The molecule has 3 heteroatoms. The molecule has 3 unspecified atom stereocenters. The van der Waals surface area contributed by atoms with Crippen LogP contribution >= 0.6 is 0 Å². The Labute approximate surface area is 108 Å². The molecule has 0 aromatic heterocycles. The summed E-state index contributed by atoms with van der Waals surface area (Å²) >= 11 is 0. The first kappa shape index (κ1) is 13.1. The second kappa shape index (κ2) is 6.01. The third kappa shape index (κ3) is 3.57. The number of aliphatic carboxylic acids is 1. The number of carboxylic acid groups (broad SMARTS) is 1. The minimum absolute atomic E-state index is 0.366. The van der Waals surface area contributed by atoms with Gasteiger partial charge in [0.1, 0.15) is 6.04 Å². The van der Waals surface area contributed by atoms with E-state index in [1.54, 1.807) is 6.92 Å². The van der Waals surface area contributed by atoms with Crippen molar-refractivity contribution in [1.29, 1.82) is 0 Å². The Morgan fingerprint density at radius 2 is 2.11 bits per heavy atom. The predicted molar refractivity (Wildman–Crippen MR) is 71.5 cm³/mol. The van der Waals surface area contributed by atoms with Crippen LogP contribution in [0.4, 0.5) is 0 Å². The fourth-order valence-corrected chi connectivity index (χ4v) is 2.78. The van der Waals surface area contributed by atoms with Gasteiger partial charge in [-0.15, -0.1) is 0 Å². The molecule has 0 radical (unpaired) electrons. The summed E-state index contributed by atoms with van der Waals surface area (Å²) in [6.45, 7) is 1.72. The van der Waals surface area contributed by atoms with Gasteiger partial charge in [-0.3, -0.25) is 4.79 Å². The van der Waals surface area contributed by atoms with Crippen LogP contribution in [0.5, 0.6) is 0 Å². The number of nitrogens with one attached hydrogen (secondary N) is 1. The topological polar surface area (TPSA) is 49.3 Å². The summed E-state index contributed by atoms with van der Waals surface area (Å²) < 4.78 is 0. The molecule has 0 amide bonds. The second-order valence-corrected chi connectivity index (χ2v) is 5.29. The molecule has 0 spiro atoms. The monoisotopic (exact) mass is 247 g/mol. The Morgan fingerprint density at radius 3 is 2.78 bits per heavy atom. The van der Waals surface area contributed by atoms with E-state index in [0.717, 1.165) is 19.3 Å². The summed E-state index contributed by atoms with van der Waals surface area (Å²) in [5.41, 5.74) is 1.38. The second-order valence-electron chi connectivity index (χ2n) is 5.29. The Morgan fingerprint density at radius 1 is 1.39 bits per heavy atom. The van der Waals surface area contributed by atoms with Crippen LogP contribution < -0.4 is 5.32 Å². The van der Waals surface area contributed by atoms with E-state index < -0.39 is 12.0 Å². The third-order valence-corrected chi connectivity index (χ3v) is 3.76. The number of hydrogen-bond acceptors (Lipinski definition) is 2. The highest BCUT2D eigenvalue weighted by Gasteiger charge is 2.26. The zero-order chi connectivity index (χ0) is 13.0. The molecule has 3 atom stereocenters. The number of benzene rings is 1. The van der Waals surface area contributed by atoms with E-state index in [2.05, 4.69) is 29.6 Å². The van der Waals surface area contributed by atoms with Gasteiger partial charge in [0.05, 0.1) is 0 Å². The lowest BCUT2D eigenvalue weighted by Crippen LogP contribution is -2.40. The van der Waals surface area contributed by atoms with Gasteiger partial charge in [0.2, 0.25) is 0 Å². The maximum atomic E-state index is 10.8. The van der Waals surface area contributed by atoms with Crippen molar-refractivity contribution in [2.45, 2.75) is 44.7 Å². The smallest absolute Gasteiger partial charge is 0.320 e. The molecule has 0 heterocycles. The van der Waals surface area contributed by atoms with Crippen LogP contribution in [0.1, 0.15) is 31.7 Å². The summed E-state index contributed by atoms with van der Waals surface area (Å²) in [5, 5.41) is 12.1. The molecule has 1 aromatic rings. The first-order valence-electron chi connectivity index (χ1n) is 6.68. The van der Waals surface area contributed by atoms with Crippen molar-refractivity contribution in [1.82, 2.24) is 5.32 Å². The highest BCUT2D eigenvalue weighted by molar-refractivity contribution is 5.72. The van der Waals surface area contributed by atoms with Gasteiger partial charge in [-0.25, -0.2) is 0 Å². The molecule has 0 aliphatic heterocycles. The Kier molecular flexibility index (Phi) is 4.37. The van der Waals surface area contributed by atoms with Crippen molar-refractivity contribution < 1.29 is 9.90 Å². The average molecular weight is 247 g/mol. The van der Waals surface area contributed by atoms with E-state index in [4.69, 9.17) is 5.11 Å². The quantitative estimate of drug-likeness (QED) is 0.840. The van der Waals surface area contributed by atoms with Crippen LogP contribution in [-0.4, -0.2) is 23.2 Å². The molecule has 98 valence electrons. The third-order valence-electron chi connectivity index (χ3n) is 3.76. The molecule has 1 aliphatic carbocycles. The fourth-order valence-electron chi connectivity index (χ4n) is 2.78. The van der Waals surface area contributed by atoms with Crippen LogP contribution in [0.2, 0.25) is 0 Å². The maximum Gasteiger partial charge on any atom is 0.320 e. The molecule has 0 bridgehead atoms. The molecule has 1 aliphatic rings. The minimum atomic E-state index is -0.762. The average Bonchev–Trinajstić information content (AvgIpc) is 2.77. The fraction of sp³-hybridized carbons (Fsp3) is 0.533. The lowest BCUT2D eigenvalue weighted by atomic mass is 9.98. The van der Waals surface area contributed by atoms with E-state index in [-0.39, 0.29) is 0 Å².